The molecule has 0 saturated carbocycles. The van der Waals surface area contributed by atoms with Gasteiger partial charge < -0.3 is 5.11 Å². The van der Waals surface area contributed by atoms with E-state index in [1.807, 2.05) is 0 Å². The largest absolute Gasteiger partial charge is 0.479 e. The van der Waals surface area contributed by atoms with E-state index in [4.69, 9.17) is 5.11 Å². The van der Waals surface area contributed by atoms with Gasteiger partial charge in [-0.15, -0.1) is 0 Å². The predicted molar refractivity (Wildman–Crippen MR) is 80.3 cm³/mol. The van der Waals surface area contributed by atoms with Crippen LogP contribution in [-0.4, -0.2) is 32.7 Å². The van der Waals surface area contributed by atoms with Gasteiger partial charge in [0, 0.05) is 0 Å². The average molecular weight is 324 g/mol. The number of hydrogen-bond donors (Lipinski definition) is 1. The van der Waals surface area contributed by atoms with Crippen LogP contribution in [0.25, 0.3) is 0 Å². The van der Waals surface area contributed by atoms with E-state index in [-0.39, 0.29) is 6.61 Å². The Morgan fingerprint density at radius 1 is 0.857 bits per heavy atom. The zero-order chi connectivity index (χ0) is 16.0. The van der Waals surface area contributed by atoms with Crippen LogP contribution in [0.1, 0.15) is 71.1 Å². The normalized spacial score (nSPS) is 11.7. The molecular formula is C14H28O6S. The topological polar surface area (TPSA) is 89.9 Å². The van der Waals surface area contributed by atoms with Crippen molar-refractivity contribution in [1.29, 1.82) is 0 Å². The minimum absolute atomic E-state index is 0.0401. The Morgan fingerprint density at radius 2 is 1.33 bits per heavy atom. The highest BCUT2D eigenvalue weighted by atomic mass is 32.3. The van der Waals surface area contributed by atoms with Gasteiger partial charge in [0.05, 0.1) is 6.61 Å². The number of carbonyl (C=O) groups is 1. The van der Waals surface area contributed by atoms with E-state index in [1.165, 1.54) is 38.5 Å². The molecule has 0 rings (SSSR count). The van der Waals surface area contributed by atoms with Gasteiger partial charge in [-0.1, -0.05) is 64.7 Å². The van der Waals surface area contributed by atoms with E-state index >= 15 is 0 Å². The molecule has 0 saturated heterocycles. The number of aliphatic carboxylic acids is 1. The summed E-state index contributed by atoms with van der Waals surface area (Å²) in [5.74, 6) is -1.35. The van der Waals surface area contributed by atoms with Crippen LogP contribution in [0.15, 0.2) is 0 Å². The van der Waals surface area contributed by atoms with Crippen molar-refractivity contribution in [3.63, 3.8) is 0 Å². The van der Waals surface area contributed by atoms with Crippen molar-refractivity contribution in [2.45, 2.75) is 71.1 Å². The van der Waals surface area contributed by atoms with Crippen molar-refractivity contribution in [3.05, 3.63) is 0 Å². The second-order valence-corrected chi connectivity index (χ2v) is 6.36. The van der Waals surface area contributed by atoms with Crippen LogP contribution in [0.2, 0.25) is 0 Å². The summed E-state index contributed by atoms with van der Waals surface area (Å²) in [6.07, 6.45) is 11.5. The van der Waals surface area contributed by atoms with Gasteiger partial charge in [-0.3, -0.25) is 0 Å². The van der Waals surface area contributed by atoms with Crippen molar-refractivity contribution in [1.82, 2.24) is 0 Å². The van der Waals surface area contributed by atoms with Gasteiger partial charge in [0.1, 0.15) is 0 Å². The minimum atomic E-state index is -4.17. The van der Waals surface area contributed by atoms with Crippen LogP contribution in [0.3, 0.4) is 0 Å². The van der Waals surface area contributed by atoms with Gasteiger partial charge in [-0.05, 0) is 6.42 Å². The monoisotopic (exact) mass is 324 g/mol. The van der Waals surface area contributed by atoms with Crippen molar-refractivity contribution >= 4 is 16.4 Å². The number of carboxylic acid groups (broad SMARTS) is 1. The standard InChI is InChI=1S/C14H28O6S/c1-2-3-4-5-6-7-8-9-10-11-12-19-21(17,18)20-13-14(15)16/h2-13H2,1H3,(H,15,16). The molecule has 0 aliphatic heterocycles. The van der Waals surface area contributed by atoms with E-state index in [0.29, 0.717) is 6.42 Å². The van der Waals surface area contributed by atoms with E-state index in [2.05, 4.69) is 15.3 Å². The molecule has 21 heavy (non-hydrogen) atoms. The third-order valence-corrected chi connectivity index (χ3v) is 3.91. The summed E-state index contributed by atoms with van der Waals surface area (Å²) in [6.45, 7) is 1.34. The van der Waals surface area contributed by atoms with Crippen LogP contribution < -0.4 is 0 Å². The Hall–Kier alpha value is -0.660. The molecule has 0 aromatic rings. The van der Waals surface area contributed by atoms with Crippen LogP contribution >= 0.6 is 0 Å². The maximum atomic E-state index is 11.1. The molecule has 0 bridgehead atoms. The summed E-state index contributed by atoms with van der Waals surface area (Å²) < 4.78 is 30.8. The lowest BCUT2D eigenvalue weighted by molar-refractivity contribution is -0.139. The maximum Gasteiger partial charge on any atom is 0.400 e. The summed E-state index contributed by atoms with van der Waals surface area (Å²) >= 11 is 0. The fourth-order valence-electron chi connectivity index (χ4n) is 1.91. The van der Waals surface area contributed by atoms with Crippen LogP contribution in [0, 0.1) is 0 Å². The number of hydrogen-bond acceptors (Lipinski definition) is 5. The first-order chi connectivity index (χ1) is 9.98. The van der Waals surface area contributed by atoms with E-state index < -0.39 is 23.0 Å². The van der Waals surface area contributed by atoms with E-state index in [0.717, 1.165) is 19.3 Å². The Morgan fingerprint density at radius 3 is 1.81 bits per heavy atom. The van der Waals surface area contributed by atoms with Crippen molar-refractivity contribution < 1.29 is 26.7 Å². The summed E-state index contributed by atoms with van der Waals surface area (Å²) in [5, 5.41) is 8.29. The molecule has 0 heterocycles. The highest BCUT2D eigenvalue weighted by Crippen LogP contribution is 2.10. The fourth-order valence-corrected chi connectivity index (χ4v) is 2.54. The number of carboxylic acids is 1. The Bertz CT molecular complexity index is 352. The summed E-state index contributed by atoms with van der Waals surface area (Å²) in [6, 6.07) is 0. The van der Waals surface area contributed by atoms with Gasteiger partial charge in [0.15, 0.2) is 6.61 Å². The van der Waals surface area contributed by atoms with Crippen LogP contribution in [0.4, 0.5) is 0 Å². The molecule has 0 amide bonds. The molecule has 0 radical (unpaired) electrons. The molecule has 6 nitrogen and oxygen atoms in total. The van der Waals surface area contributed by atoms with Crippen molar-refractivity contribution in [2.75, 3.05) is 13.2 Å². The molecule has 0 atom stereocenters. The average Bonchev–Trinajstić information content (AvgIpc) is 2.43. The smallest absolute Gasteiger partial charge is 0.400 e. The Kier molecular flexibility index (Phi) is 12.6. The molecule has 0 spiro atoms. The molecule has 126 valence electrons. The van der Waals surface area contributed by atoms with Crippen molar-refractivity contribution in [2.24, 2.45) is 0 Å². The van der Waals surface area contributed by atoms with Crippen LogP contribution in [0.5, 0.6) is 0 Å². The summed E-state index contributed by atoms with van der Waals surface area (Å²) in [5.41, 5.74) is 0. The Labute approximate surface area is 128 Å². The predicted octanol–water partition coefficient (Wildman–Crippen LogP) is 3.27. The summed E-state index contributed by atoms with van der Waals surface area (Å²) in [7, 11) is -4.17. The maximum absolute atomic E-state index is 11.1. The lowest BCUT2D eigenvalue weighted by Crippen LogP contribution is -2.16. The zero-order valence-electron chi connectivity index (χ0n) is 12.9. The van der Waals surface area contributed by atoms with E-state index in [1.54, 1.807) is 0 Å². The van der Waals surface area contributed by atoms with Gasteiger partial charge >= 0.3 is 16.4 Å². The lowest BCUT2D eigenvalue weighted by atomic mass is 10.1. The quantitative estimate of drug-likeness (QED) is 0.465. The molecule has 0 fully saturated rings. The molecule has 0 aromatic carbocycles. The molecule has 7 heteroatoms. The van der Waals surface area contributed by atoms with Gasteiger partial charge in [-0.2, -0.15) is 8.42 Å². The van der Waals surface area contributed by atoms with Crippen molar-refractivity contribution in [3.8, 4) is 0 Å². The molecule has 1 N–H and O–H groups in total. The third-order valence-electron chi connectivity index (χ3n) is 3.05. The highest BCUT2D eigenvalue weighted by Gasteiger charge is 2.13. The van der Waals surface area contributed by atoms with Gasteiger partial charge in [0.2, 0.25) is 0 Å². The highest BCUT2D eigenvalue weighted by molar-refractivity contribution is 7.81. The molecular weight excluding hydrogens is 296 g/mol. The zero-order valence-corrected chi connectivity index (χ0v) is 13.7. The first kappa shape index (κ1) is 20.3. The first-order valence-corrected chi connectivity index (χ1v) is 9.07. The van der Waals surface area contributed by atoms with Crippen LogP contribution in [-0.2, 0) is 23.6 Å². The Balaban J connectivity index is 3.33. The summed E-state index contributed by atoms with van der Waals surface area (Å²) in [4.78, 5) is 10.2. The second-order valence-electron chi connectivity index (χ2n) is 5.07. The van der Waals surface area contributed by atoms with Gasteiger partial charge in [-0.25, -0.2) is 13.2 Å². The number of unbranched alkanes of at least 4 members (excludes halogenated alkanes) is 9. The minimum Gasteiger partial charge on any atom is -0.479 e. The SMILES string of the molecule is CCCCCCCCCCCCOS(=O)(=O)OCC(=O)O. The third kappa shape index (κ3) is 15.5. The molecule has 0 aromatic heterocycles. The fraction of sp³-hybridized carbons (Fsp3) is 0.929. The lowest BCUT2D eigenvalue weighted by Gasteiger charge is -2.04. The molecule has 0 aliphatic rings. The number of rotatable bonds is 15. The van der Waals surface area contributed by atoms with E-state index in [9.17, 15) is 13.2 Å². The molecule has 0 unspecified atom stereocenters. The first-order valence-electron chi connectivity index (χ1n) is 7.73. The second kappa shape index (κ2) is 13.0. The molecule has 0 aliphatic carbocycles. The van der Waals surface area contributed by atoms with Gasteiger partial charge in [0.25, 0.3) is 0 Å².